The van der Waals surface area contributed by atoms with Crippen LogP contribution in [0.15, 0.2) is 40.7 Å². The largest absolute Gasteiger partial charge is 0.373 e. The number of benzene rings is 1. The Morgan fingerprint density at radius 3 is 2.92 bits per heavy atom. The molecule has 25 heavy (non-hydrogen) atoms. The maximum atomic E-state index is 5.92. The van der Waals surface area contributed by atoms with Crippen LogP contribution >= 0.6 is 11.3 Å². The third-order valence-corrected chi connectivity index (χ3v) is 5.60. The number of hydrogen-bond donors (Lipinski definition) is 2. The molecule has 0 aliphatic carbocycles. The molecule has 2 aliphatic heterocycles. The number of ether oxygens (including phenoxy) is 1. The molecule has 0 amide bonds. The molecule has 3 unspecified atom stereocenters. The molecule has 4 rings (SSSR count). The van der Waals surface area contributed by atoms with Gasteiger partial charge < -0.3 is 15.4 Å². The van der Waals surface area contributed by atoms with E-state index in [9.17, 15) is 0 Å². The van der Waals surface area contributed by atoms with Crippen molar-refractivity contribution < 1.29 is 4.74 Å². The molecule has 2 fully saturated rings. The van der Waals surface area contributed by atoms with Crippen molar-refractivity contribution in [2.45, 2.75) is 51.0 Å². The lowest BCUT2D eigenvalue weighted by Crippen LogP contribution is -2.47. The zero-order valence-corrected chi connectivity index (χ0v) is 15.3. The van der Waals surface area contributed by atoms with E-state index in [-0.39, 0.29) is 0 Å². The lowest BCUT2D eigenvalue weighted by atomic mass is 9.96. The smallest absolute Gasteiger partial charge is 0.191 e. The van der Waals surface area contributed by atoms with Crippen molar-refractivity contribution in [2.24, 2.45) is 4.99 Å². The van der Waals surface area contributed by atoms with E-state index < -0.39 is 0 Å². The van der Waals surface area contributed by atoms with Crippen LogP contribution in [0.2, 0.25) is 0 Å². The fourth-order valence-electron chi connectivity index (χ4n) is 3.56. The van der Waals surface area contributed by atoms with E-state index in [0.717, 1.165) is 41.6 Å². The molecule has 2 aromatic rings. The number of fused-ring (bicyclic) bond motifs is 2. The molecular weight excluding hydrogens is 332 g/mol. The first-order chi connectivity index (χ1) is 12.3. The molecule has 3 heterocycles. The standard InChI is InChI=1S/C19H24N4OS/c1-2-20-19(23-15-10-14-8-9-17(15)24-14)21-11-18-22-16(12-25-18)13-6-4-3-5-7-13/h3-7,12,14-15,17H,2,8-11H2,1H3,(H2,20,21,23). The summed E-state index contributed by atoms with van der Waals surface area (Å²) in [6.07, 6.45) is 4.24. The molecule has 3 atom stereocenters. The summed E-state index contributed by atoms with van der Waals surface area (Å²) in [4.78, 5) is 9.44. The van der Waals surface area contributed by atoms with Gasteiger partial charge in [-0.2, -0.15) is 0 Å². The Labute approximate surface area is 152 Å². The van der Waals surface area contributed by atoms with Gasteiger partial charge in [-0.25, -0.2) is 9.98 Å². The van der Waals surface area contributed by atoms with Crippen molar-refractivity contribution in [1.29, 1.82) is 0 Å². The third kappa shape index (κ3) is 3.85. The minimum atomic E-state index is 0.346. The molecule has 2 aliphatic rings. The number of guanidine groups is 1. The van der Waals surface area contributed by atoms with Gasteiger partial charge in [0, 0.05) is 17.5 Å². The Balaban J connectivity index is 1.40. The number of nitrogens with zero attached hydrogens (tertiary/aromatic N) is 2. The van der Waals surface area contributed by atoms with Crippen LogP contribution in [0.3, 0.4) is 0 Å². The van der Waals surface area contributed by atoms with Gasteiger partial charge in [-0.1, -0.05) is 30.3 Å². The summed E-state index contributed by atoms with van der Waals surface area (Å²) in [7, 11) is 0. The number of hydrogen-bond acceptors (Lipinski definition) is 4. The molecule has 2 N–H and O–H groups in total. The van der Waals surface area contributed by atoms with E-state index in [1.54, 1.807) is 11.3 Å². The van der Waals surface area contributed by atoms with E-state index in [0.29, 0.717) is 24.8 Å². The molecule has 5 nitrogen and oxygen atoms in total. The van der Waals surface area contributed by atoms with Gasteiger partial charge in [0.2, 0.25) is 0 Å². The highest BCUT2D eigenvalue weighted by molar-refractivity contribution is 7.09. The van der Waals surface area contributed by atoms with Gasteiger partial charge in [-0.3, -0.25) is 0 Å². The molecule has 6 heteroatoms. The fourth-order valence-corrected chi connectivity index (χ4v) is 4.28. The van der Waals surface area contributed by atoms with Crippen molar-refractivity contribution >= 4 is 17.3 Å². The van der Waals surface area contributed by atoms with Gasteiger partial charge in [-0.05, 0) is 26.2 Å². The number of thiazole rings is 1. The second-order valence-corrected chi connectivity index (χ2v) is 7.49. The molecule has 2 saturated heterocycles. The summed E-state index contributed by atoms with van der Waals surface area (Å²) in [5, 5.41) is 10.0. The Kier molecular flexibility index (Phi) is 4.99. The molecule has 0 spiro atoms. The number of rotatable bonds is 5. The van der Waals surface area contributed by atoms with Crippen LogP contribution in [0.25, 0.3) is 11.3 Å². The van der Waals surface area contributed by atoms with Crippen LogP contribution in [0.1, 0.15) is 31.2 Å². The predicted molar refractivity (Wildman–Crippen MR) is 102 cm³/mol. The lowest BCUT2D eigenvalue weighted by Gasteiger charge is -2.22. The topological polar surface area (TPSA) is 58.5 Å². The van der Waals surface area contributed by atoms with Crippen LogP contribution in [0, 0.1) is 0 Å². The Bertz CT molecular complexity index is 730. The normalized spacial score (nSPS) is 25.3. The summed E-state index contributed by atoms with van der Waals surface area (Å²) in [6, 6.07) is 10.7. The zero-order chi connectivity index (χ0) is 17.1. The first-order valence-electron chi connectivity index (χ1n) is 9.02. The molecule has 1 aromatic carbocycles. The van der Waals surface area contributed by atoms with Crippen LogP contribution < -0.4 is 10.6 Å². The predicted octanol–water partition coefficient (Wildman–Crippen LogP) is 3.19. The lowest BCUT2D eigenvalue weighted by molar-refractivity contribution is 0.0992. The monoisotopic (exact) mass is 356 g/mol. The second-order valence-electron chi connectivity index (χ2n) is 6.55. The van der Waals surface area contributed by atoms with Crippen molar-refractivity contribution in [3.63, 3.8) is 0 Å². The molecule has 0 saturated carbocycles. The van der Waals surface area contributed by atoms with Crippen molar-refractivity contribution in [3.8, 4) is 11.3 Å². The quantitative estimate of drug-likeness (QED) is 0.638. The number of aliphatic imine (C=N–C) groups is 1. The van der Waals surface area contributed by atoms with Gasteiger partial charge >= 0.3 is 0 Å². The summed E-state index contributed by atoms with van der Waals surface area (Å²) in [5.74, 6) is 0.861. The van der Waals surface area contributed by atoms with Crippen molar-refractivity contribution in [1.82, 2.24) is 15.6 Å². The van der Waals surface area contributed by atoms with E-state index in [2.05, 4.69) is 35.1 Å². The average Bonchev–Trinajstić information content (AvgIpc) is 3.37. The molecule has 0 radical (unpaired) electrons. The SMILES string of the molecule is CCNC(=NCc1nc(-c2ccccc2)cs1)NC1CC2CCC1O2. The fraction of sp³-hybridized carbons (Fsp3) is 0.474. The zero-order valence-electron chi connectivity index (χ0n) is 14.4. The van der Waals surface area contributed by atoms with Crippen LogP contribution in [0.4, 0.5) is 0 Å². The van der Waals surface area contributed by atoms with Gasteiger partial charge in [0.05, 0.1) is 30.5 Å². The highest BCUT2D eigenvalue weighted by Crippen LogP contribution is 2.34. The van der Waals surface area contributed by atoms with E-state index in [4.69, 9.17) is 14.7 Å². The number of aromatic nitrogens is 1. The molecule has 2 bridgehead atoms. The Hall–Kier alpha value is -1.92. The van der Waals surface area contributed by atoms with Crippen LogP contribution in [0.5, 0.6) is 0 Å². The summed E-state index contributed by atoms with van der Waals surface area (Å²) in [6.45, 7) is 3.53. The highest BCUT2D eigenvalue weighted by Gasteiger charge is 2.41. The Morgan fingerprint density at radius 2 is 2.20 bits per heavy atom. The highest BCUT2D eigenvalue weighted by atomic mass is 32.1. The summed E-state index contributed by atoms with van der Waals surface area (Å²) >= 11 is 1.66. The van der Waals surface area contributed by atoms with Gasteiger partial charge in [0.15, 0.2) is 5.96 Å². The molecular formula is C19H24N4OS. The minimum absolute atomic E-state index is 0.346. The van der Waals surface area contributed by atoms with Crippen molar-refractivity contribution in [2.75, 3.05) is 6.54 Å². The van der Waals surface area contributed by atoms with Gasteiger partial charge in [0.25, 0.3) is 0 Å². The maximum absolute atomic E-state index is 5.92. The number of nitrogens with one attached hydrogen (secondary N) is 2. The van der Waals surface area contributed by atoms with E-state index >= 15 is 0 Å². The van der Waals surface area contributed by atoms with Crippen LogP contribution in [-0.2, 0) is 11.3 Å². The minimum Gasteiger partial charge on any atom is -0.373 e. The van der Waals surface area contributed by atoms with Gasteiger partial charge in [-0.15, -0.1) is 11.3 Å². The van der Waals surface area contributed by atoms with E-state index in [1.807, 2.05) is 18.2 Å². The molecule has 132 valence electrons. The first kappa shape index (κ1) is 16.5. The average molecular weight is 356 g/mol. The summed E-state index contributed by atoms with van der Waals surface area (Å²) in [5.41, 5.74) is 2.17. The third-order valence-electron chi connectivity index (χ3n) is 4.77. The van der Waals surface area contributed by atoms with Gasteiger partial charge in [0.1, 0.15) is 5.01 Å². The molecule has 1 aromatic heterocycles. The van der Waals surface area contributed by atoms with E-state index in [1.165, 1.54) is 6.42 Å². The summed E-state index contributed by atoms with van der Waals surface area (Å²) < 4.78 is 5.92. The maximum Gasteiger partial charge on any atom is 0.191 e. The Morgan fingerprint density at radius 1 is 1.32 bits per heavy atom. The second kappa shape index (κ2) is 7.54. The first-order valence-corrected chi connectivity index (χ1v) is 9.90. The van der Waals surface area contributed by atoms with Crippen LogP contribution in [-0.4, -0.2) is 35.7 Å². The van der Waals surface area contributed by atoms with Crippen molar-refractivity contribution in [3.05, 3.63) is 40.7 Å².